The summed E-state index contributed by atoms with van der Waals surface area (Å²) in [5.41, 5.74) is 3.10. The van der Waals surface area contributed by atoms with Gasteiger partial charge < -0.3 is 15.0 Å². The first-order valence-electron chi connectivity index (χ1n) is 9.05. The monoisotopic (exact) mass is 397 g/mol. The molecular formula is C21H23N3O3S. The van der Waals surface area contributed by atoms with Crippen molar-refractivity contribution >= 4 is 23.5 Å². The second-order valence-electron chi connectivity index (χ2n) is 6.46. The maximum Gasteiger partial charge on any atom is 0.336 e. The van der Waals surface area contributed by atoms with E-state index in [1.54, 1.807) is 19.9 Å². The fourth-order valence-electron chi connectivity index (χ4n) is 3.30. The second-order valence-corrected chi connectivity index (χ2v) is 7.47. The van der Waals surface area contributed by atoms with Crippen molar-refractivity contribution in [2.45, 2.75) is 31.8 Å². The van der Waals surface area contributed by atoms with E-state index in [1.807, 2.05) is 31.2 Å². The van der Waals surface area contributed by atoms with Gasteiger partial charge in [0.2, 0.25) is 0 Å². The molecule has 0 fully saturated rings. The quantitative estimate of drug-likeness (QED) is 0.334. The molecule has 0 unspecified atom stereocenters. The molecule has 1 aromatic carbocycles. The number of aryl methyl sites for hydroxylation is 1. The van der Waals surface area contributed by atoms with Gasteiger partial charge in [0, 0.05) is 11.4 Å². The van der Waals surface area contributed by atoms with E-state index in [4.69, 9.17) is 4.74 Å². The van der Waals surface area contributed by atoms with Crippen LogP contribution in [-0.2, 0) is 9.53 Å². The molecule has 0 saturated heterocycles. The summed E-state index contributed by atoms with van der Waals surface area (Å²) in [5.74, 6) is 0.109. The number of hydrogen-bond acceptors (Lipinski definition) is 6. The third kappa shape index (κ3) is 3.89. The average Bonchev–Trinajstić information content (AvgIpc) is 2.65. The Kier molecular flexibility index (Phi) is 6.04. The molecule has 6 nitrogen and oxygen atoms in total. The number of esters is 1. The van der Waals surface area contributed by atoms with Crippen LogP contribution in [0.5, 0.6) is 0 Å². The number of H-pyrrole nitrogens is 1. The summed E-state index contributed by atoms with van der Waals surface area (Å²) in [5, 5.41) is 3.64. The van der Waals surface area contributed by atoms with E-state index in [9.17, 15) is 9.59 Å². The molecule has 1 atom stereocenters. The number of benzene rings is 1. The van der Waals surface area contributed by atoms with Crippen molar-refractivity contribution in [3.8, 4) is 0 Å². The number of thioether (sulfide) groups is 1. The number of aromatic nitrogens is 2. The Bertz CT molecular complexity index is 1010. The smallest absolute Gasteiger partial charge is 0.336 e. The molecule has 0 amide bonds. The van der Waals surface area contributed by atoms with Gasteiger partial charge in [0.25, 0.3) is 5.56 Å². The Morgan fingerprint density at radius 2 is 2.18 bits per heavy atom. The van der Waals surface area contributed by atoms with Crippen molar-refractivity contribution < 1.29 is 9.53 Å². The van der Waals surface area contributed by atoms with E-state index >= 15 is 0 Å². The minimum absolute atomic E-state index is 0.259. The SMILES string of the molecule is C=CCSc1nc2c(c(=O)[nH]1)[C@@H](c1cccc(C)c1)C(C(=O)OCC)=C(C)N2. The number of allylic oxidation sites excluding steroid dienone is 1. The topological polar surface area (TPSA) is 84.1 Å². The minimum atomic E-state index is -0.551. The van der Waals surface area contributed by atoms with Gasteiger partial charge in [0.15, 0.2) is 5.16 Å². The number of nitrogens with one attached hydrogen (secondary N) is 2. The van der Waals surface area contributed by atoms with E-state index < -0.39 is 11.9 Å². The highest BCUT2D eigenvalue weighted by molar-refractivity contribution is 7.99. The molecule has 1 aromatic heterocycles. The standard InChI is InChI=1S/C21H23N3O3S/c1-5-10-28-21-23-18-17(19(25)24-21)16(14-9-7-8-12(3)11-14)15(13(4)22-18)20(26)27-6-2/h5,7-9,11,16H,1,6,10H2,2-4H3,(H2,22,23,24,25)/t16-/m0/s1. The van der Waals surface area contributed by atoms with Crippen LogP contribution in [0.4, 0.5) is 5.82 Å². The van der Waals surface area contributed by atoms with Gasteiger partial charge in [-0.05, 0) is 26.3 Å². The largest absolute Gasteiger partial charge is 0.463 e. The number of rotatable bonds is 6. The Morgan fingerprint density at radius 1 is 1.39 bits per heavy atom. The third-order valence-corrected chi connectivity index (χ3v) is 5.30. The first kappa shape index (κ1) is 19.9. The predicted molar refractivity (Wildman–Crippen MR) is 112 cm³/mol. The van der Waals surface area contributed by atoms with Crippen LogP contribution in [0.1, 0.15) is 36.5 Å². The molecular weight excluding hydrogens is 374 g/mol. The Morgan fingerprint density at radius 3 is 2.86 bits per heavy atom. The lowest BCUT2D eigenvalue weighted by Gasteiger charge is -2.29. The zero-order valence-corrected chi connectivity index (χ0v) is 17.0. The van der Waals surface area contributed by atoms with E-state index in [-0.39, 0.29) is 12.2 Å². The molecule has 146 valence electrons. The average molecular weight is 398 g/mol. The number of ether oxygens (including phenoxy) is 1. The van der Waals surface area contributed by atoms with Gasteiger partial charge in [-0.1, -0.05) is 47.7 Å². The van der Waals surface area contributed by atoms with Crippen LogP contribution in [0.15, 0.2) is 58.1 Å². The van der Waals surface area contributed by atoms with Crippen LogP contribution < -0.4 is 10.9 Å². The molecule has 2 N–H and O–H groups in total. The third-order valence-electron chi connectivity index (χ3n) is 4.43. The number of anilines is 1. The zero-order chi connectivity index (χ0) is 20.3. The lowest BCUT2D eigenvalue weighted by atomic mass is 9.82. The van der Waals surface area contributed by atoms with Crippen molar-refractivity contribution in [2.75, 3.05) is 17.7 Å². The van der Waals surface area contributed by atoms with Crippen molar-refractivity contribution in [3.63, 3.8) is 0 Å². The molecule has 0 aliphatic carbocycles. The molecule has 0 bridgehead atoms. The fraction of sp³-hybridized carbons (Fsp3) is 0.286. The van der Waals surface area contributed by atoms with Crippen molar-refractivity contribution in [2.24, 2.45) is 0 Å². The molecule has 0 saturated carbocycles. The molecule has 0 spiro atoms. The summed E-state index contributed by atoms with van der Waals surface area (Å²) in [6.45, 7) is 9.49. The summed E-state index contributed by atoms with van der Waals surface area (Å²) in [4.78, 5) is 33.1. The van der Waals surface area contributed by atoms with Crippen molar-refractivity contribution in [1.82, 2.24) is 9.97 Å². The summed E-state index contributed by atoms with van der Waals surface area (Å²) in [6, 6.07) is 7.79. The summed E-state index contributed by atoms with van der Waals surface area (Å²) < 4.78 is 5.28. The lowest BCUT2D eigenvalue weighted by Crippen LogP contribution is -2.31. The number of nitrogens with zero attached hydrogens (tertiary/aromatic N) is 1. The van der Waals surface area contributed by atoms with E-state index in [0.29, 0.717) is 33.6 Å². The molecule has 0 radical (unpaired) electrons. The zero-order valence-electron chi connectivity index (χ0n) is 16.2. The van der Waals surface area contributed by atoms with E-state index in [2.05, 4.69) is 21.9 Å². The molecule has 1 aliphatic heterocycles. The number of fused-ring (bicyclic) bond motifs is 1. The van der Waals surface area contributed by atoms with E-state index in [1.165, 1.54) is 11.8 Å². The Hall–Kier alpha value is -2.80. The maximum atomic E-state index is 13.0. The molecule has 2 heterocycles. The Labute approximate surface area is 168 Å². The first-order chi connectivity index (χ1) is 13.5. The molecule has 2 aromatic rings. The van der Waals surface area contributed by atoms with Gasteiger partial charge in [-0.3, -0.25) is 4.79 Å². The van der Waals surface area contributed by atoms with Crippen LogP contribution >= 0.6 is 11.8 Å². The number of aromatic amines is 1. The van der Waals surface area contributed by atoms with Crippen molar-refractivity contribution in [3.05, 3.63) is 75.2 Å². The number of hydrogen-bond donors (Lipinski definition) is 2. The molecule has 1 aliphatic rings. The van der Waals surface area contributed by atoms with Gasteiger partial charge in [0.05, 0.1) is 23.7 Å². The summed E-state index contributed by atoms with van der Waals surface area (Å²) in [6.07, 6.45) is 1.75. The van der Waals surface area contributed by atoms with Crippen molar-refractivity contribution in [1.29, 1.82) is 0 Å². The highest BCUT2D eigenvalue weighted by Crippen LogP contribution is 2.40. The normalized spacial score (nSPS) is 15.6. The van der Waals surface area contributed by atoms with Crippen LogP contribution in [-0.4, -0.2) is 28.3 Å². The molecule has 28 heavy (non-hydrogen) atoms. The van der Waals surface area contributed by atoms with Gasteiger partial charge >= 0.3 is 5.97 Å². The predicted octanol–water partition coefficient (Wildman–Crippen LogP) is 3.75. The van der Waals surface area contributed by atoms with E-state index in [0.717, 1.165) is 11.1 Å². The maximum absolute atomic E-state index is 13.0. The summed E-state index contributed by atoms with van der Waals surface area (Å²) >= 11 is 1.39. The molecule has 7 heteroatoms. The highest BCUT2D eigenvalue weighted by Gasteiger charge is 2.36. The fourth-order valence-corrected chi connectivity index (χ4v) is 3.90. The second kappa shape index (κ2) is 8.48. The Balaban J connectivity index is 2.21. The van der Waals surface area contributed by atoms with Gasteiger partial charge in [-0.15, -0.1) is 6.58 Å². The minimum Gasteiger partial charge on any atom is -0.463 e. The van der Waals surface area contributed by atoms with Crippen LogP contribution in [0.2, 0.25) is 0 Å². The van der Waals surface area contributed by atoms with Gasteiger partial charge in [-0.2, -0.15) is 0 Å². The number of carbonyl (C=O) groups is 1. The first-order valence-corrected chi connectivity index (χ1v) is 10.0. The van der Waals surface area contributed by atoms with Gasteiger partial charge in [0.1, 0.15) is 5.82 Å². The van der Waals surface area contributed by atoms with Crippen LogP contribution in [0.3, 0.4) is 0 Å². The highest BCUT2D eigenvalue weighted by atomic mass is 32.2. The molecule has 3 rings (SSSR count). The van der Waals surface area contributed by atoms with Gasteiger partial charge in [-0.25, -0.2) is 9.78 Å². The number of carbonyl (C=O) groups excluding carboxylic acids is 1. The van der Waals surface area contributed by atoms with Crippen LogP contribution in [0, 0.1) is 6.92 Å². The summed E-state index contributed by atoms with van der Waals surface area (Å²) in [7, 11) is 0. The lowest BCUT2D eigenvalue weighted by molar-refractivity contribution is -0.138. The van der Waals surface area contributed by atoms with Crippen LogP contribution in [0.25, 0.3) is 0 Å².